The molecule has 0 saturated carbocycles. The highest BCUT2D eigenvalue weighted by Crippen LogP contribution is 2.20. The normalized spacial score (nSPS) is 9.85. The van der Waals surface area contributed by atoms with Gasteiger partial charge in [-0.25, -0.2) is 0 Å². The summed E-state index contributed by atoms with van der Waals surface area (Å²) in [4.78, 5) is 23.4. The van der Waals surface area contributed by atoms with Crippen molar-refractivity contribution < 1.29 is 14.7 Å². The number of phenolic OH excluding ortho intramolecular Hbond substituents is 1. The number of hydrogen-bond acceptors (Lipinski definition) is 3. The van der Waals surface area contributed by atoms with Crippen LogP contribution in [-0.2, 0) is 9.59 Å². The highest BCUT2D eigenvalue weighted by molar-refractivity contribution is 6.44. The van der Waals surface area contributed by atoms with Crippen molar-refractivity contribution in [2.45, 2.75) is 0 Å². The highest BCUT2D eigenvalue weighted by atomic mass is 35.5. The fourth-order valence-corrected chi connectivity index (χ4v) is 1.70. The number of para-hydroxylation sites is 1. The van der Waals surface area contributed by atoms with Crippen LogP contribution in [-0.4, -0.2) is 16.9 Å². The molecule has 0 heterocycles. The van der Waals surface area contributed by atoms with E-state index in [1.165, 1.54) is 12.1 Å². The third kappa shape index (κ3) is 3.49. The molecule has 0 bridgehead atoms. The van der Waals surface area contributed by atoms with Crippen molar-refractivity contribution in [2.75, 3.05) is 10.6 Å². The lowest BCUT2D eigenvalue weighted by Crippen LogP contribution is -2.29. The Bertz CT molecular complexity index is 658. The second-order valence-corrected chi connectivity index (χ2v) is 4.35. The van der Waals surface area contributed by atoms with E-state index < -0.39 is 11.8 Å². The van der Waals surface area contributed by atoms with Gasteiger partial charge in [-0.2, -0.15) is 0 Å². The molecule has 0 radical (unpaired) electrons. The first kappa shape index (κ1) is 13.9. The molecule has 0 aliphatic heterocycles. The fourth-order valence-electron chi connectivity index (χ4n) is 1.51. The summed E-state index contributed by atoms with van der Waals surface area (Å²) in [5.74, 6) is -1.70. The Labute approximate surface area is 120 Å². The van der Waals surface area contributed by atoms with Gasteiger partial charge in [0, 0.05) is 11.8 Å². The monoisotopic (exact) mass is 290 g/mol. The first-order chi connectivity index (χ1) is 9.56. The van der Waals surface area contributed by atoms with Crippen molar-refractivity contribution in [1.82, 2.24) is 0 Å². The third-order valence-corrected chi connectivity index (χ3v) is 2.76. The summed E-state index contributed by atoms with van der Waals surface area (Å²) >= 11 is 5.87. The highest BCUT2D eigenvalue weighted by Gasteiger charge is 2.15. The summed E-state index contributed by atoms with van der Waals surface area (Å²) < 4.78 is 0. The van der Waals surface area contributed by atoms with E-state index in [2.05, 4.69) is 10.6 Å². The van der Waals surface area contributed by atoms with Crippen molar-refractivity contribution in [3.63, 3.8) is 0 Å². The Morgan fingerprint density at radius 1 is 0.950 bits per heavy atom. The van der Waals surface area contributed by atoms with Gasteiger partial charge in [-0.05, 0) is 24.3 Å². The number of carbonyl (C=O) groups is 2. The molecule has 0 atom stereocenters. The molecule has 2 aromatic rings. The average Bonchev–Trinajstić information content (AvgIpc) is 2.41. The Morgan fingerprint density at radius 2 is 1.65 bits per heavy atom. The van der Waals surface area contributed by atoms with Gasteiger partial charge in [-0.3, -0.25) is 9.59 Å². The number of halogens is 1. The molecule has 2 aromatic carbocycles. The Hall–Kier alpha value is -2.53. The molecule has 6 heteroatoms. The lowest BCUT2D eigenvalue weighted by atomic mass is 10.3. The predicted molar refractivity (Wildman–Crippen MR) is 76.8 cm³/mol. The van der Waals surface area contributed by atoms with Gasteiger partial charge in [-0.1, -0.05) is 29.8 Å². The third-order valence-electron chi connectivity index (χ3n) is 2.43. The maximum Gasteiger partial charge on any atom is 0.314 e. The molecule has 0 aromatic heterocycles. The minimum atomic E-state index is -0.851. The van der Waals surface area contributed by atoms with Crippen molar-refractivity contribution in [3.8, 4) is 5.75 Å². The molecule has 0 unspecified atom stereocenters. The van der Waals surface area contributed by atoms with Crippen LogP contribution in [0.25, 0.3) is 0 Å². The lowest BCUT2D eigenvalue weighted by molar-refractivity contribution is -0.132. The molecule has 0 aliphatic rings. The maximum absolute atomic E-state index is 11.7. The van der Waals surface area contributed by atoms with Crippen molar-refractivity contribution in [1.29, 1.82) is 0 Å². The van der Waals surface area contributed by atoms with E-state index in [0.717, 1.165) is 0 Å². The van der Waals surface area contributed by atoms with Crippen LogP contribution in [0.1, 0.15) is 0 Å². The van der Waals surface area contributed by atoms with Gasteiger partial charge in [0.2, 0.25) is 0 Å². The lowest BCUT2D eigenvalue weighted by Gasteiger charge is -2.07. The molecular weight excluding hydrogens is 280 g/mol. The minimum Gasteiger partial charge on any atom is -0.508 e. The molecule has 2 rings (SSSR count). The number of phenols is 1. The number of carbonyl (C=O) groups excluding carboxylic acids is 2. The largest absolute Gasteiger partial charge is 0.508 e. The van der Waals surface area contributed by atoms with Gasteiger partial charge in [0.25, 0.3) is 0 Å². The molecule has 2 amide bonds. The van der Waals surface area contributed by atoms with E-state index in [1.807, 2.05) is 0 Å². The fraction of sp³-hybridized carbons (Fsp3) is 0. The van der Waals surface area contributed by atoms with E-state index >= 15 is 0 Å². The molecule has 0 fully saturated rings. The Kier molecular flexibility index (Phi) is 4.22. The molecule has 0 saturated heterocycles. The molecule has 102 valence electrons. The summed E-state index contributed by atoms with van der Waals surface area (Å²) in [7, 11) is 0. The summed E-state index contributed by atoms with van der Waals surface area (Å²) in [5.41, 5.74) is 0.675. The summed E-state index contributed by atoms with van der Waals surface area (Å²) in [6.45, 7) is 0. The standard InChI is InChI=1S/C14H11ClN2O3/c15-11-6-1-2-7-12(11)17-14(20)13(19)16-9-4-3-5-10(18)8-9/h1-8,18H,(H,16,19)(H,17,20). The second-order valence-electron chi connectivity index (χ2n) is 3.94. The number of hydrogen-bond donors (Lipinski definition) is 3. The van der Waals surface area contributed by atoms with Crippen LogP contribution in [0.2, 0.25) is 5.02 Å². The number of amides is 2. The molecule has 3 N–H and O–H groups in total. The molecule has 0 aliphatic carbocycles. The van der Waals surface area contributed by atoms with Crippen LogP contribution in [0.3, 0.4) is 0 Å². The van der Waals surface area contributed by atoms with Crippen LogP contribution in [0.4, 0.5) is 11.4 Å². The number of aromatic hydroxyl groups is 1. The summed E-state index contributed by atoms with van der Waals surface area (Å²) in [6, 6.07) is 12.5. The molecule has 20 heavy (non-hydrogen) atoms. The molecule has 5 nitrogen and oxygen atoms in total. The van der Waals surface area contributed by atoms with Crippen molar-refractivity contribution in [2.24, 2.45) is 0 Å². The van der Waals surface area contributed by atoms with Gasteiger partial charge >= 0.3 is 11.8 Å². The van der Waals surface area contributed by atoms with E-state index in [4.69, 9.17) is 11.6 Å². The Morgan fingerprint density at radius 3 is 2.35 bits per heavy atom. The first-order valence-electron chi connectivity index (χ1n) is 5.72. The first-order valence-corrected chi connectivity index (χ1v) is 6.10. The summed E-state index contributed by atoms with van der Waals surface area (Å²) in [6.07, 6.45) is 0. The zero-order chi connectivity index (χ0) is 14.5. The molecular formula is C14H11ClN2O3. The number of benzene rings is 2. The average molecular weight is 291 g/mol. The van der Waals surface area contributed by atoms with E-state index in [1.54, 1.807) is 36.4 Å². The topological polar surface area (TPSA) is 78.4 Å². The van der Waals surface area contributed by atoms with E-state index in [0.29, 0.717) is 16.4 Å². The predicted octanol–water partition coefficient (Wildman–Crippen LogP) is 2.62. The number of anilines is 2. The number of rotatable bonds is 2. The zero-order valence-corrected chi connectivity index (χ0v) is 11.0. The van der Waals surface area contributed by atoms with Crippen LogP contribution < -0.4 is 10.6 Å². The second kappa shape index (κ2) is 6.08. The Balaban J connectivity index is 2.03. The smallest absolute Gasteiger partial charge is 0.314 e. The number of nitrogens with one attached hydrogen (secondary N) is 2. The van der Waals surface area contributed by atoms with Crippen LogP contribution >= 0.6 is 11.6 Å². The van der Waals surface area contributed by atoms with Gasteiger partial charge in [0.1, 0.15) is 5.75 Å². The van der Waals surface area contributed by atoms with E-state index in [-0.39, 0.29) is 5.75 Å². The van der Waals surface area contributed by atoms with Gasteiger partial charge in [0.15, 0.2) is 0 Å². The van der Waals surface area contributed by atoms with Crippen molar-refractivity contribution in [3.05, 3.63) is 53.6 Å². The van der Waals surface area contributed by atoms with Gasteiger partial charge in [-0.15, -0.1) is 0 Å². The van der Waals surface area contributed by atoms with Crippen LogP contribution in [0.5, 0.6) is 5.75 Å². The SMILES string of the molecule is O=C(Nc1cccc(O)c1)C(=O)Nc1ccccc1Cl. The van der Waals surface area contributed by atoms with Crippen LogP contribution in [0, 0.1) is 0 Å². The minimum absolute atomic E-state index is 0.00527. The van der Waals surface area contributed by atoms with Gasteiger partial charge in [0.05, 0.1) is 10.7 Å². The summed E-state index contributed by atoms with van der Waals surface area (Å²) in [5, 5.41) is 14.4. The zero-order valence-electron chi connectivity index (χ0n) is 10.3. The van der Waals surface area contributed by atoms with Crippen molar-refractivity contribution >= 4 is 34.8 Å². The quantitative estimate of drug-likeness (QED) is 0.744. The van der Waals surface area contributed by atoms with E-state index in [9.17, 15) is 14.7 Å². The molecule has 0 spiro atoms. The van der Waals surface area contributed by atoms with Crippen LogP contribution in [0.15, 0.2) is 48.5 Å². The van der Waals surface area contributed by atoms with Gasteiger partial charge < -0.3 is 15.7 Å². The maximum atomic E-state index is 11.7.